The second-order valence-electron chi connectivity index (χ2n) is 5.79. The lowest BCUT2D eigenvalue weighted by molar-refractivity contribution is -0.981. The molecule has 0 spiro atoms. The highest BCUT2D eigenvalue weighted by Crippen LogP contribution is 2.13. The lowest BCUT2D eigenvalue weighted by Gasteiger charge is -2.02. The van der Waals surface area contributed by atoms with Gasteiger partial charge in [0.25, 0.3) is 0 Å². The number of rotatable bonds is 12. The zero-order valence-electron chi connectivity index (χ0n) is 15.3. The van der Waals surface area contributed by atoms with E-state index >= 15 is 0 Å². The predicted molar refractivity (Wildman–Crippen MR) is 98.2 cm³/mol. The molecule has 0 amide bonds. The molecule has 140 valence electrons. The number of benzene rings is 2. The van der Waals surface area contributed by atoms with Crippen LogP contribution in [0.3, 0.4) is 0 Å². The van der Waals surface area contributed by atoms with Crippen LogP contribution in [0.4, 0.5) is 0 Å². The highest BCUT2D eigenvalue weighted by Gasteiger charge is 2.11. The molecule has 2 aromatic carbocycles. The quantitative estimate of drug-likeness (QED) is 0.424. The molecule has 0 radical (unpaired) electrons. The molecule has 0 saturated carbocycles. The molecule has 0 aliphatic rings. The summed E-state index contributed by atoms with van der Waals surface area (Å²) in [7, 11) is 3.28. The molecule has 2 rings (SSSR count). The summed E-state index contributed by atoms with van der Waals surface area (Å²) >= 11 is 0. The van der Waals surface area contributed by atoms with E-state index in [4.69, 9.17) is 19.1 Å². The fraction of sp³-hybridized carbons (Fsp3) is 0.400. The highest BCUT2D eigenvalue weighted by molar-refractivity contribution is 5.27. The van der Waals surface area contributed by atoms with Crippen LogP contribution in [0.15, 0.2) is 48.5 Å². The zero-order chi connectivity index (χ0) is 18.6. The van der Waals surface area contributed by atoms with Crippen LogP contribution >= 0.6 is 0 Å². The second-order valence-corrected chi connectivity index (χ2v) is 5.79. The van der Waals surface area contributed by atoms with Gasteiger partial charge in [0.05, 0.1) is 14.2 Å². The summed E-state index contributed by atoms with van der Waals surface area (Å²) in [6.45, 7) is 0.627. The van der Waals surface area contributed by atoms with Crippen molar-refractivity contribution >= 4 is 0 Å². The van der Waals surface area contributed by atoms with Crippen molar-refractivity contribution in [3.63, 3.8) is 0 Å². The number of hydrogen-bond donors (Lipinski definition) is 0. The summed E-state index contributed by atoms with van der Waals surface area (Å²) in [4.78, 5) is 21.5. The van der Waals surface area contributed by atoms with Gasteiger partial charge in [0.1, 0.15) is 16.4 Å². The summed E-state index contributed by atoms with van der Waals surface area (Å²) in [5.41, 5.74) is 2.35. The van der Waals surface area contributed by atoms with E-state index < -0.39 is 0 Å². The van der Waals surface area contributed by atoms with Crippen molar-refractivity contribution in [3.8, 4) is 11.5 Å². The monoisotopic (exact) mass is 360 g/mol. The van der Waals surface area contributed by atoms with E-state index in [1.165, 1.54) is 11.1 Å². The van der Waals surface area contributed by atoms with Crippen molar-refractivity contribution < 1.29 is 24.2 Å². The molecule has 0 aromatic heterocycles. The number of methoxy groups -OCH3 is 2. The first-order valence-corrected chi connectivity index (χ1v) is 8.70. The molecule has 26 heavy (non-hydrogen) atoms. The van der Waals surface area contributed by atoms with Gasteiger partial charge >= 0.3 is 5.09 Å². The van der Waals surface area contributed by atoms with Crippen LogP contribution in [-0.2, 0) is 22.5 Å². The molecule has 0 aliphatic carbocycles. The predicted octanol–water partition coefficient (Wildman–Crippen LogP) is 3.91. The Morgan fingerprint density at radius 2 is 1.08 bits per heavy atom. The molecule has 0 unspecified atom stereocenters. The standard InChI is InChI=1S/C20H26NO5/c1-23-19-11-7-17(8-12-19)5-3-15-25-21(22)26-16-4-6-18-9-13-20(24-2)14-10-18/h7-14H,3-6,15-16H2,1-2H3/q+1. The molecule has 0 heterocycles. The van der Waals surface area contributed by atoms with E-state index in [-0.39, 0.29) is 5.09 Å². The smallest absolute Gasteiger partial charge is 0.477 e. The van der Waals surface area contributed by atoms with Crippen molar-refractivity contribution in [2.75, 3.05) is 27.4 Å². The Kier molecular flexibility index (Phi) is 8.26. The maximum absolute atomic E-state index is 11.5. The van der Waals surface area contributed by atoms with Gasteiger partial charge in [-0.15, -0.1) is 0 Å². The molecule has 0 aliphatic heterocycles. The first kappa shape index (κ1) is 19.6. The molecule has 2 aromatic rings. The first-order chi connectivity index (χ1) is 12.7. The van der Waals surface area contributed by atoms with Crippen LogP contribution in [-0.4, -0.2) is 32.5 Å². The van der Waals surface area contributed by atoms with Crippen LogP contribution < -0.4 is 9.47 Å². The van der Waals surface area contributed by atoms with Gasteiger partial charge in [-0.1, -0.05) is 24.3 Å². The van der Waals surface area contributed by atoms with Crippen LogP contribution in [0.25, 0.3) is 0 Å². The lowest BCUT2D eigenvalue weighted by atomic mass is 10.1. The van der Waals surface area contributed by atoms with Crippen molar-refractivity contribution in [1.82, 2.24) is 0 Å². The topological polar surface area (TPSA) is 57.0 Å². The molecule has 0 saturated heterocycles. The Labute approximate surface area is 154 Å². The van der Waals surface area contributed by atoms with Gasteiger partial charge in [0.15, 0.2) is 13.2 Å². The van der Waals surface area contributed by atoms with Gasteiger partial charge in [-0.2, -0.15) is 9.68 Å². The fourth-order valence-electron chi connectivity index (χ4n) is 2.45. The Balaban J connectivity index is 1.52. The Morgan fingerprint density at radius 1 is 0.692 bits per heavy atom. The molecule has 0 bridgehead atoms. The van der Waals surface area contributed by atoms with Gasteiger partial charge in [0.2, 0.25) is 0 Å². The minimum absolute atomic E-state index is 0.210. The number of hydrogen-bond acceptors (Lipinski definition) is 5. The van der Waals surface area contributed by atoms with Crippen molar-refractivity contribution in [2.45, 2.75) is 25.7 Å². The van der Waals surface area contributed by atoms with Crippen LogP contribution in [0.1, 0.15) is 24.0 Å². The van der Waals surface area contributed by atoms with Crippen LogP contribution in [0.5, 0.6) is 11.5 Å². The average molecular weight is 360 g/mol. The van der Waals surface area contributed by atoms with E-state index in [0.29, 0.717) is 13.2 Å². The van der Waals surface area contributed by atoms with Crippen molar-refractivity contribution in [1.29, 1.82) is 0 Å². The fourth-order valence-corrected chi connectivity index (χ4v) is 2.45. The van der Waals surface area contributed by atoms with E-state index in [1.807, 2.05) is 48.5 Å². The minimum atomic E-state index is 0.210. The number of aryl methyl sites for hydroxylation is 2. The van der Waals surface area contributed by atoms with E-state index in [2.05, 4.69) is 0 Å². The Bertz CT molecular complexity index is 597. The summed E-state index contributed by atoms with van der Waals surface area (Å²) < 4.78 is 10.2. The van der Waals surface area contributed by atoms with E-state index in [0.717, 1.165) is 37.2 Å². The van der Waals surface area contributed by atoms with Crippen molar-refractivity contribution in [3.05, 3.63) is 64.6 Å². The molecular formula is C20H26NO5+. The summed E-state index contributed by atoms with van der Waals surface area (Å²) in [6, 6.07) is 15.7. The summed E-state index contributed by atoms with van der Waals surface area (Å²) in [6.07, 6.45) is 3.13. The molecule has 0 atom stereocenters. The summed E-state index contributed by atoms with van der Waals surface area (Å²) in [5.74, 6) is 1.66. The van der Waals surface area contributed by atoms with E-state index in [1.54, 1.807) is 14.2 Å². The van der Waals surface area contributed by atoms with Crippen molar-refractivity contribution in [2.24, 2.45) is 0 Å². The van der Waals surface area contributed by atoms with Gasteiger partial charge in [0, 0.05) is 0 Å². The summed E-state index contributed by atoms with van der Waals surface area (Å²) in [5, 5.41) is 0.210. The third-order valence-electron chi connectivity index (χ3n) is 3.93. The SMILES string of the molecule is COc1ccc(CCCO[N+](=O)OCCCc2ccc(OC)cc2)cc1. The highest BCUT2D eigenvalue weighted by atomic mass is 17.0. The van der Waals surface area contributed by atoms with E-state index in [9.17, 15) is 4.91 Å². The average Bonchev–Trinajstić information content (AvgIpc) is 2.69. The van der Waals surface area contributed by atoms with Gasteiger partial charge in [-0.05, 0) is 61.1 Å². The maximum Gasteiger partial charge on any atom is 0.477 e. The molecule has 0 N–H and O–H groups in total. The van der Waals surface area contributed by atoms with Gasteiger partial charge < -0.3 is 9.47 Å². The number of nitrogens with zero attached hydrogens (tertiary/aromatic N) is 1. The largest absolute Gasteiger partial charge is 0.497 e. The van der Waals surface area contributed by atoms with Crippen LogP contribution in [0, 0.1) is 4.91 Å². The van der Waals surface area contributed by atoms with Gasteiger partial charge in [-0.3, -0.25) is 0 Å². The third kappa shape index (κ3) is 7.01. The lowest BCUT2D eigenvalue weighted by Crippen LogP contribution is -2.13. The molecular weight excluding hydrogens is 334 g/mol. The molecule has 6 heteroatoms. The van der Waals surface area contributed by atoms with Gasteiger partial charge in [-0.25, -0.2) is 0 Å². The first-order valence-electron chi connectivity index (χ1n) is 8.70. The number of ether oxygens (including phenoxy) is 2. The van der Waals surface area contributed by atoms with Crippen LogP contribution in [0.2, 0.25) is 0 Å². The second kappa shape index (κ2) is 11.0. The third-order valence-corrected chi connectivity index (χ3v) is 3.93. The maximum atomic E-state index is 11.5. The Hall–Kier alpha value is -2.76. The Morgan fingerprint density at radius 3 is 1.42 bits per heavy atom. The minimum Gasteiger partial charge on any atom is -0.497 e. The molecule has 6 nitrogen and oxygen atoms in total. The molecule has 0 fully saturated rings. The normalized spacial score (nSPS) is 10.2. The zero-order valence-corrected chi connectivity index (χ0v) is 15.3.